The van der Waals surface area contributed by atoms with Gasteiger partial charge in [-0.05, 0) is 31.4 Å². The molecule has 0 unspecified atom stereocenters. The Morgan fingerprint density at radius 1 is 1.48 bits per heavy atom. The minimum absolute atomic E-state index is 0.0961. The monoisotopic (exact) mass is 314 g/mol. The van der Waals surface area contributed by atoms with Crippen LogP contribution in [0.4, 0.5) is 5.69 Å². The number of hydrogen-bond acceptors (Lipinski definition) is 5. The first-order valence-electron chi connectivity index (χ1n) is 6.22. The van der Waals surface area contributed by atoms with Gasteiger partial charge < -0.3 is 5.11 Å². The third-order valence-corrected chi connectivity index (χ3v) is 5.26. The first-order chi connectivity index (χ1) is 9.73. The van der Waals surface area contributed by atoms with Gasteiger partial charge in [0.25, 0.3) is 5.69 Å². The lowest BCUT2D eigenvalue weighted by Crippen LogP contribution is -2.37. The quantitative estimate of drug-likeness (QED) is 0.621. The SMILES string of the molecule is Cc1cc([N+](=O)[O-])ccc1S(=O)(=O)N(CC(=O)O)C1CC1. The molecule has 0 aromatic heterocycles. The van der Waals surface area contributed by atoms with E-state index in [-0.39, 0.29) is 22.2 Å². The van der Waals surface area contributed by atoms with Crippen molar-refractivity contribution in [3.8, 4) is 0 Å². The van der Waals surface area contributed by atoms with E-state index in [0.29, 0.717) is 12.8 Å². The Hall–Kier alpha value is -2.00. The van der Waals surface area contributed by atoms with Gasteiger partial charge >= 0.3 is 5.97 Å². The van der Waals surface area contributed by atoms with E-state index in [1.54, 1.807) is 0 Å². The summed E-state index contributed by atoms with van der Waals surface area (Å²) in [5.41, 5.74) is 0.0166. The number of aliphatic carboxylic acids is 1. The molecule has 114 valence electrons. The average Bonchev–Trinajstić information content (AvgIpc) is 3.19. The van der Waals surface area contributed by atoms with Crippen LogP contribution in [0.2, 0.25) is 0 Å². The van der Waals surface area contributed by atoms with Crippen molar-refractivity contribution < 1.29 is 23.2 Å². The highest BCUT2D eigenvalue weighted by Crippen LogP contribution is 2.33. The van der Waals surface area contributed by atoms with Crippen molar-refractivity contribution in [1.82, 2.24) is 4.31 Å². The molecule has 0 bridgehead atoms. The van der Waals surface area contributed by atoms with Crippen LogP contribution in [-0.4, -0.2) is 41.3 Å². The Morgan fingerprint density at radius 3 is 2.52 bits per heavy atom. The number of carbonyl (C=O) groups is 1. The molecule has 1 fully saturated rings. The van der Waals surface area contributed by atoms with Crippen molar-refractivity contribution in [2.45, 2.75) is 30.7 Å². The molecule has 1 saturated carbocycles. The fourth-order valence-electron chi connectivity index (χ4n) is 2.07. The Morgan fingerprint density at radius 2 is 2.10 bits per heavy atom. The molecular formula is C12H14N2O6S. The topological polar surface area (TPSA) is 118 Å². The summed E-state index contributed by atoms with van der Waals surface area (Å²) < 4.78 is 26.0. The van der Waals surface area contributed by atoms with Gasteiger partial charge in [0.1, 0.15) is 6.54 Å². The number of carboxylic acid groups (broad SMARTS) is 1. The third kappa shape index (κ3) is 3.19. The number of aryl methyl sites for hydroxylation is 1. The molecule has 0 heterocycles. The zero-order valence-corrected chi connectivity index (χ0v) is 12.0. The van der Waals surface area contributed by atoms with Crippen molar-refractivity contribution >= 4 is 21.7 Å². The van der Waals surface area contributed by atoms with E-state index in [0.717, 1.165) is 16.4 Å². The van der Waals surface area contributed by atoms with Gasteiger partial charge in [-0.2, -0.15) is 4.31 Å². The summed E-state index contributed by atoms with van der Waals surface area (Å²) in [6, 6.07) is 3.12. The molecule has 9 heteroatoms. The highest BCUT2D eigenvalue weighted by molar-refractivity contribution is 7.89. The Labute approximate surface area is 121 Å². The smallest absolute Gasteiger partial charge is 0.318 e. The molecule has 0 saturated heterocycles. The van der Waals surface area contributed by atoms with Gasteiger partial charge in [-0.3, -0.25) is 14.9 Å². The van der Waals surface area contributed by atoms with Crippen LogP contribution < -0.4 is 0 Å². The molecule has 0 aliphatic heterocycles. The van der Waals surface area contributed by atoms with E-state index in [2.05, 4.69) is 0 Å². The molecule has 2 rings (SSSR count). The zero-order valence-electron chi connectivity index (χ0n) is 11.2. The second-order valence-electron chi connectivity index (χ2n) is 4.88. The van der Waals surface area contributed by atoms with E-state index < -0.39 is 27.5 Å². The Kier molecular flexibility index (Phi) is 3.97. The van der Waals surface area contributed by atoms with Crippen molar-refractivity contribution in [3.63, 3.8) is 0 Å². The molecule has 0 amide bonds. The maximum absolute atomic E-state index is 12.5. The van der Waals surface area contributed by atoms with Crippen LogP contribution in [0, 0.1) is 17.0 Å². The van der Waals surface area contributed by atoms with Gasteiger partial charge in [0, 0.05) is 18.2 Å². The maximum atomic E-state index is 12.5. The fraction of sp³-hybridized carbons (Fsp3) is 0.417. The lowest BCUT2D eigenvalue weighted by Gasteiger charge is -2.20. The summed E-state index contributed by atoms with van der Waals surface area (Å²) in [6.45, 7) is 0.842. The molecule has 0 radical (unpaired) electrons. The molecule has 1 aromatic carbocycles. The van der Waals surface area contributed by atoms with Gasteiger partial charge in [0.15, 0.2) is 0 Å². The summed E-state index contributed by atoms with van der Waals surface area (Å²) in [5, 5.41) is 19.5. The number of rotatable bonds is 6. The predicted molar refractivity (Wildman–Crippen MR) is 72.4 cm³/mol. The first-order valence-corrected chi connectivity index (χ1v) is 7.66. The standard InChI is InChI=1S/C12H14N2O6S/c1-8-6-10(14(17)18)4-5-11(8)21(19,20)13(7-12(15)16)9-2-3-9/h4-6,9H,2-3,7H2,1H3,(H,15,16). The number of benzene rings is 1. The zero-order chi connectivity index (χ0) is 15.8. The number of hydrogen-bond donors (Lipinski definition) is 1. The normalized spacial score (nSPS) is 15.1. The lowest BCUT2D eigenvalue weighted by molar-refractivity contribution is -0.385. The van der Waals surface area contributed by atoms with Gasteiger partial charge in [0.2, 0.25) is 10.0 Å². The summed E-state index contributed by atoms with van der Waals surface area (Å²) >= 11 is 0. The minimum atomic E-state index is -3.98. The van der Waals surface area contributed by atoms with E-state index in [1.165, 1.54) is 13.0 Å². The van der Waals surface area contributed by atoms with Crippen molar-refractivity contribution in [1.29, 1.82) is 0 Å². The van der Waals surface area contributed by atoms with Gasteiger partial charge in [-0.1, -0.05) is 0 Å². The van der Waals surface area contributed by atoms with Crippen LogP contribution in [0.1, 0.15) is 18.4 Å². The lowest BCUT2D eigenvalue weighted by atomic mass is 10.2. The average molecular weight is 314 g/mol. The van der Waals surface area contributed by atoms with Gasteiger partial charge in [-0.25, -0.2) is 8.42 Å². The highest BCUT2D eigenvalue weighted by atomic mass is 32.2. The van der Waals surface area contributed by atoms with Crippen molar-refractivity contribution in [3.05, 3.63) is 33.9 Å². The van der Waals surface area contributed by atoms with E-state index in [1.807, 2.05) is 0 Å². The number of nitro groups is 1. The molecule has 1 aliphatic carbocycles. The fourth-order valence-corrected chi connectivity index (χ4v) is 3.91. The number of non-ortho nitro benzene ring substituents is 1. The van der Waals surface area contributed by atoms with Crippen LogP contribution in [0.25, 0.3) is 0 Å². The second kappa shape index (κ2) is 5.41. The Balaban J connectivity index is 2.42. The summed E-state index contributed by atoms with van der Waals surface area (Å²) in [4.78, 5) is 20.8. The molecule has 1 aromatic rings. The molecule has 1 N–H and O–H groups in total. The summed E-state index contributed by atoms with van der Waals surface area (Å²) in [7, 11) is -3.98. The Bertz CT molecular complexity index is 696. The van der Waals surface area contributed by atoms with E-state index >= 15 is 0 Å². The first kappa shape index (κ1) is 15.4. The second-order valence-corrected chi connectivity index (χ2v) is 6.74. The molecule has 1 aliphatic rings. The van der Waals surface area contributed by atoms with E-state index in [4.69, 9.17) is 5.11 Å². The van der Waals surface area contributed by atoms with Crippen LogP contribution in [-0.2, 0) is 14.8 Å². The molecular weight excluding hydrogens is 300 g/mol. The summed E-state index contributed by atoms with van der Waals surface area (Å²) in [5.74, 6) is -1.23. The minimum Gasteiger partial charge on any atom is -0.480 e. The molecule has 0 atom stereocenters. The molecule has 8 nitrogen and oxygen atoms in total. The number of carboxylic acids is 1. The summed E-state index contributed by atoms with van der Waals surface area (Å²) in [6.07, 6.45) is 1.25. The van der Waals surface area contributed by atoms with Crippen LogP contribution in [0.3, 0.4) is 0 Å². The van der Waals surface area contributed by atoms with Gasteiger partial charge in [-0.15, -0.1) is 0 Å². The largest absolute Gasteiger partial charge is 0.480 e. The number of sulfonamides is 1. The predicted octanol–water partition coefficient (Wildman–Crippen LogP) is 1.14. The highest BCUT2D eigenvalue weighted by Gasteiger charge is 2.40. The number of nitro benzene ring substituents is 1. The van der Waals surface area contributed by atoms with Crippen LogP contribution >= 0.6 is 0 Å². The van der Waals surface area contributed by atoms with Gasteiger partial charge in [0.05, 0.1) is 9.82 Å². The van der Waals surface area contributed by atoms with E-state index in [9.17, 15) is 23.3 Å². The van der Waals surface area contributed by atoms with Crippen molar-refractivity contribution in [2.75, 3.05) is 6.54 Å². The van der Waals surface area contributed by atoms with Crippen molar-refractivity contribution in [2.24, 2.45) is 0 Å². The maximum Gasteiger partial charge on any atom is 0.318 e. The number of nitrogens with zero attached hydrogens (tertiary/aromatic N) is 2. The third-order valence-electron chi connectivity index (χ3n) is 3.20. The molecule has 0 spiro atoms. The van der Waals surface area contributed by atoms with Crippen LogP contribution in [0.15, 0.2) is 23.1 Å². The van der Waals surface area contributed by atoms with Crippen LogP contribution in [0.5, 0.6) is 0 Å². The molecule has 21 heavy (non-hydrogen) atoms.